The fraction of sp³-hybridized carbons (Fsp3) is 0.550. The minimum absolute atomic E-state index is 0.00445. The normalized spacial score (nSPS) is 26.7. The van der Waals surface area contributed by atoms with E-state index in [0.717, 1.165) is 31.8 Å². The van der Waals surface area contributed by atoms with Gasteiger partial charge in [0.15, 0.2) is 0 Å². The highest BCUT2D eigenvalue weighted by atomic mass is 16.5. The summed E-state index contributed by atoms with van der Waals surface area (Å²) >= 11 is 0. The molecule has 2 heterocycles. The molecule has 1 aromatic rings. The summed E-state index contributed by atoms with van der Waals surface area (Å²) < 4.78 is 5.21. The lowest BCUT2D eigenvalue weighted by molar-refractivity contribution is -0.141. The van der Waals surface area contributed by atoms with E-state index in [0.29, 0.717) is 12.3 Å². The SMILES string of the molecule is C#CC1N(Cc2ccc(OC)cc2)CC12CCC(=O)N2CC(C)C. The van der Waals surface area contributed by atoms with Crippen LogP contribution in [0, 0.1) is 18.3 Å². The van der Waals surface area contributed by atoms with Gasteiger partial charge in [0.25, 0.3) is 0 Å². The van der Waals surface area contributed by atoms with Crippen LogP contribution in [0.4, 0.5) is 0 Å². The summed E-state index contributed by atoms with van der Waals surface area (Å²) in [4.78, 5) is 16.7. The van der Waals surface area contributed by atoms with E-state index in [9.17, 15) is 4.79 Å². The number of carbonyl (C=O) groups is 1. The van der Waals surface area contributed by atoms with Crippen LogP contribution in [-0.2, 0) is 11.3 Å². The first-order valence-corrected chi connectivity index (χ1v) is 8.64. The van der Waals surface area contributed by atoms with E-state index in [2.05, 4.69) is 41.7 Å². The first-order chi connectivity index (χ1) is 11.5. The predicted octanol–water partition coefficient (Wildman–Crippen LogP) is 2.53. The van der Waals surface area contributed by atoms with Gasteiger partial charge in [-0.25, -0.2) is 0 Å². The minimum atomic E-state index is -0.150. The molecule has 0 radical (unpaired) electrons. The molecule has 1 aromatic carbocycles. The van der Waals surface area contributed by atoms with Gasteiger partial charge in [0, 0.05) is 26.1 Å². The van der Waals surface area contributed by atoms with Crippen LogP contribution < -0.4 is 4.74 Å². The average molecular weight is 326 g/mol. The quantitative estimate of drug-likeness (QED) is 0.780. The molecular weight excluding hydrogens is 300 g/mol. The number of carbonyl (C=O) groups excluding carboxylic acids is 1. The van der Waals surface area contributed by atoms with Gasteiger partial charge in [-0.1, -0.05) is 31.9 Å². The average Bonchev–Trinajstić information content (AvgIpc) is 2.86. The van der Waals surface area contributed by atoms with Crippen molar-refractivity contribution in [3.05, 3.63) is 29.8 Å². The van der Waals surface area contributed by atoms with Crippen molar-refractivity contribution in [1.82, 2.24) is 9.80 Å². The molecular formula is C20H26N2O2. The summed E-state index contributed by atoms with van der Waals surface area (Å²) in [5.41, 5.74) is 1.06. The first-order valence-electron chi connectivity index (χ1n) is 8.64. The van der Waals surface area contributed by atoms with Crippen LogP contribution in [0.1, 0.15) is 32.3 Å². The Balaban J connectivity index is 1.73. The van der Waals surface area contributed by atoms with Crippen LogP contribution in [0.3, 0.4) is 0 Å². The van der Waals surface area contributed by atoms with Crippen LogP contribution in [0.15, 0.2) is 24.3 Å². The van der Waals surface area contributed by atoms with Gasteiger partial charge in [-0.15, -0.1) is 6.42 Å². The summed E-state index contributed by atoms with van der Waals surface area (Å²) in [6, 6.07) is 8.09. The zero-order valence-electron chi connectivity index (χ0n) is 14.8. The van der Waals surface area contributed by atoms with Gasteiger partial charge in [0.2, 0.25) is 5.91 Å². The van der Waals surface area contributed by atoms with Gasteiger partial charge >= 0.3 is 0 Å². The molecule has 2 atom stereocenters. The molecule has 0 bridgehead atoms. The zero-order chi connectivity index (χ0) is 17.3. The van der Waals surface area contributed by atoms with Gasteiger partial charge in [-0.3, -0.25) is 9.69 Å². The Hall–Kier alpha value is -1.99. The molecule has 0 saturated carbocycles. The maximum absolute atomic E-state index is 12.3. The maximum atomic E-state index is 12.3. The fourth-order valence-corrected chi connectivity index (χ4v) is 4.07. The van der Waals surface area contributed by atoms with Crippen molar-refractivity contribution >= 4 is 5.91 Å². The van der Waals surface area contributed by atoms with Gasteiger partial charge in [-0.2, -0.15) is 0 Å². The molecule has 0 N–H and O–H groups in total. The summed E-state index contributed by atoms with van der Waals surface area (Å²) in [5, 5.41) is 0. The summed E-state index contributed by atoms with van der Waals surface area (Å²) in [5.74, 6) is 4.53. The molecule has 1 spiro atoms. The molecule has 24 heavy (non-hydrogen) atoms. The fourth-order valence-electron chi connectivity index (χ4n) is 4.07. The number of nitrogens with zero attached hydrogens (tertiary/aromatic N) is 2. The van der Waals surface area contributed by atoms with Crippen molar-refractivity contribution in [2.45, 2.75) is 44.8 Å². The number of benzene rings is 1. The second kappa shape index (κ2) is 6.49. The van der Waals surface area contributed by atoms with Crippen molar-refractivity contribution in [3.63, 3.8) is 0 Å². The van der Waals surface area contributed by atoms with Crippen molar-refractivity contribution in [3.8, 4) is 18.1 Å². The predicted molar refractivity (Wildman–Crippen MR) is 94.5 cm³/mol. The highest BCUT2D eigenvalue weighted by Gasteiger charge is 2.59. The Kier molecular flexibility index (Phi) is 4.56. The first kappa shape index (κ1) is 16.9. The summed E-state index contributed by atoms with van der Waals surface area (Å²) in [6.45, 7) is 6.78. The van der Waals surface area contributed by atoms with Crippen LogP contribution in [0.2, 0.25) is 0 Å². The number of rotatable bonds is 5. The smallest absolute Gasteiger partial charge is 0.223 e. The highest BCUT2D eigenvalue weighted by molar-refractivity contribution is 5.80. The topological polar surface area (TPSA) is 32.8 Å². The third-order valence-corrected chi connectivity index (χ3v) is 5.21. The number of methoxy groups -OCH3 is 1. The van der Waals surface area contributed by atoms with Gasteiger partial charge in [0.05, 0.1) is 18.7 Å². The number of terminal acetylenes is 1. The molecule has 2 saturated heterocycles. The molecule has 2 fully saturated rings. The largest absolute Gasteiger partial charge is 0.497 e. The van der Waals surface area contributed by atoms with Crippen molar-refractivity contribution in [2.24, 2.45) is 5.92 Å². The van der Waals surface area contributed by atoms with Gasteiger partial charge in [0.1, 0.15) is 5.75 Å². The molecule has 2 aliphatic rings. The van der Waals surface area contributed by atoms with Crippen molar-refractivity contribution in [1.29, 1.82) is 0 Å². The second-order valence-electron chi connectivity index (χ2n) is 7.32. The van der Waals surface area contributed by atoms with Crippen molar-refractivity contribution < 1.29 is 9.53 Å². The maximum Gasteiger partial charge on any atom is 0.223 e. The van der Waals surface area contributed by atoms with Crippen LogP contribution in [0.5, 0.6) is 5.75 Å². The molecule has 2 aliphatic heterocycles. The molecule has 1 amide bonds. The number of likely N-dealkylation sites (tertiary alicyclic amines) is 2. The number of amides is 1. The minimum Gasteiger partial charge on any atom is -0.497 e. The third-order valence-electron chi connectivity index (χ3n) is 5.21. The number of hydrogen-bond donors (Lipinski definition) is 0. The molecule has 3 rings (SSSR count). The van der Waals surface area contributed by atoms with Crippen LogP contribution >= 0.6 is 0 Å². The molecule has 0 aromatic heterocycles. The van der Waals surface area contributed by atoms with E-state index in [1.165, 1.54) is 5.56 Å². The van der Waals surface area contributed by atoms with E-state index in [1.807, 2.05) is 12.1 Å². The van der Waals surface area contributed by atoms with E-state index < -0.39 is 0 Å². The lowest BCUT2D eigenvalue weighted by Gasteiger charge is -2.57. The lowest BCUT2D eigenvalue weighted by atomic mass is 9.77. The molecule has 0 aliphatic carbocycles. The Morgan fingerprint density at radius 1 is 1.38 bits per heavy atom. The monoisotopic (exact) mass is 326 g/mol. The van der Waals surface area contributed by atoms with Crippen LogP contribution in [0.25, 0.3) is 0 Å². The Labute approximate surface area is 144 Å². The summed E-state index contributed by atoms with van der Waals surface area (Å²) in [7, 11) is 1.67. The van der Waals surface area contributed by atoms with Crippen molar-refractivity contribution in [2.75, 3.05) is 20.2 Å². The van der Waals surface area contributed by atoms with Gasteiger partial charge in [-0.05, 0) is 30.0 Å². The van der Waals surface area contributed by atoms with Crippen LogP contribution in [-0.4, -0.2) is 47.5 Å². The third kappa shape index (κ3) is 2.78. The number of hydrogen-bond acceptors (Lipinski definition) is 3. The number of ether oxygens (including phenoxy) is 1. The Morgan fingerprint density at radius 3 is 2.67 bits per heavy atom. The molecule has 128 valence electrons. The van der Waals surface area contributed by atoms with E-state index in [1.54, 1.807) is 7.11 Å². The van der Waals surface area contributed by atoms with E-state index >= 15 is 0 Å². The van der Waals surface area contributed by atoms with Gasteiger partial charge < -0.3 is 9.64 Å². The second-order valence-corrected chi connectivity index (χ2v) is 7.32. The molecule has 4 heteroatoms. The summed E-state index contributed by atoms with van der Waals surface area (Å²) in [6.07, 6.45) is 7.37. The molecule has 4 nitrogen and oxygen atoms in total. The lowest BCUT2D eigenvalue weighted by Crippen LogP contribution is -2.74. The standard InChI is InChI=1S/C20H26N2O2/c1-5-18-20(11-10-19(23)22(20)12-15(2)3)14-21(18)13-16-6-8-17(24-4)9-7-16/h1,6-9,15,18H,10-14H2,2-4H3. The molecule has 2 unspecified atom stereocenters. The van der Waals surface area contributed by atoms with E-state index in [-0.39, 0.29) is 17.5 Å². The van der Waals surface area contributed by atoms with E-state index in [4.69, 9.17) is 11.2 Å². The Morgan fingerprint density at radius 2 is 2.08 bits per heavy atom. The highest BCUT2D eigenvalue weighted by Crippen LogP contribution is 2.44. The zero-order valence-corrected chi connectivity index (χ0v) is 14.8. The Bertz CT molecular complexity index is 647.